The second-order valence-electron chi connectivity index (χ2n) is 5.25. The van der Waals surface area contributed by atoms with Crippen molar-refractivity contribution >= 4 is 33.7 Å². The van der Waals surface area contributed by atoms with E-state index in [1.54, 1.807) is 0 Å². The first-order chi connectivity index (χ1) is 10.1. The molecule has 4 heteroatoms. The summed E-state index contributed by atoms with van der Waals surface area (Å²) in [6.07, 6.45) is 2.99. The second kappa shape index (κ2) is 7.38. The quantitative estimate of drug-likeness (QED) is 0.609. The number of rotatable bonds is 7. The van der Waals surface area contributed by atoms with Crippen molar-refractivity contribution in [3.05, 3.63) is 42.0 Å². The Hall–Kier alpha value is -1.65. The molecule has 0 atom stereocenters. The van der Waals surface area contributed by atoms with E-state index in [9.17, 15) is 0 Å². The number of nitrogens with two attached hydrogens (primary N) is 1. The fourth-order valence-corrected chi connectivity index (χ4v) is 2.77. The molecule has 0 aromatic heterocycles. The number of thiocarbonyl (C=S) groups is 1. The van der Waals surface area contributed by atoms with Crippen molar-refractivity contribution in [2.75, 3.05) is 25.1 Å². The first kappa shape index (κ1) is 15.7. The van der Waals surface area contributed by atoms with Crippen LogP contribution in [0.25, 0.3) is 10.8 Å². The van der Waals surface area contributed by atoms with Crippen LogP contribution in [0, 0.1) is 0 Å². The van der Waals surface area contributed by atoms with Gasteiger partial charge in [-0.15, -0.1) is 0 Å². The number of fused-ring (bicyclic) bond motifs is 1. The first-order valence-corrected chi connectivity index (χ1v) is 7.69. The molecule has 0 unspecified atom stereocenters. The normalized spacial score (nSPS) is 10.8. The van der Waals surface area contributed by atoms with E-state index in [-0.39, 0.29) is 6.61 Å². The van der Waals surface area contributed by atoms with Crippen molar-refractivity contribution < 1.29 is 5.11 Å². The molecule has 0 saturated carbocycles. The molecule has 3 nitrogen and oxygen atoms in total. The Labute approximate surface area is 131 Å². The van der Waals surface area contributed by atoms with Gasteiger partial charge in [0.15, 0.2) is 0 Å². The molecule has 21 heavy (non-hydrogen) atoms. The molecule has 0 saturated heterocycles. The average Bonchev–Trinajstić information content (AvgIpc) is 2.50. The summed E-state index contributed by atoms with van der Waals surface area (Å²) in [5, 5.41) is 11.1. The Bertz CT molecular complexity index is 627. The molecule has 0 heterocycles. The van der Waals surface area contributed by atoms with Crippen molar-refractivity contribution in [2.45, 2.75) is 19.3 Å². The van der Waals surface area contributed by atoms with E-state index in [1.165, 1.54) is 11.1 Å². The molecular formula is C17H22N2OS. The highest BCUT2D eigenvalue weighted by Gasteiger charge is 2.10. The van der Waals surface area contributed by atoms with Gasteiger partial charge >= 0.3 is 0 Å². The minimum Gasteiger partial charge on any atom is -0.396 e. The molecule has 3 N–H and O–H groups in total. The van der Waals surface area contributed by atoms with Crippen LogP contribution in [0.1, 0.15) is 24.8 Å². The first-order valence-electron chi connectivity index (χ1n) is 7.28. The van der Waals surface area contributed by atoms with Crippen LogP contribution in [0.4, 0.5) is 5.69 Å². The number of aliphatic hydroxyl groups is 1. The third-order valence-corrected chi connectivity index (χ3v) is 3.95. The van der Waals surface area contributed by atoms with Gasteiger partial charge in [-0.05, 0) is 36.8 Å². The maximum atomic E-state index is 8.83. The van der Waals surface area contributed by atoms with Gasteiger partial charge in [-0.1, -0.05) is 36.5 Å². The molecule has 0 amide bonds. The Kier molecular flexibility index (Phi) is 5.53. The van der Waals surface area contributed by atoms with Crippen molar-refractivity contribution in [3.63, 3.8) is 0 Å². The lowest BCUT2D eigenvalue weighted by Crippen LogP contribution is -2.19. The molecule has 0 radical (unpaired) electrons. The Morgan fingerprint density at radius 3 is 2.48 bits per heavy atom. The van der Waals surface area contributed by atoms with Gasteiger partial charge in [-0.25, -0.2) is 0 Å². The smallest absolute Gasteiger partial charge is 0.104 e. The van der Waals surface area contributed by atoms with E-state index in [0.29, 0.717) is 4.99 Å². The van der Waals surface area contributed by atoms with E-state index in [4.69, 9.17) is 23.1 Å². The van der Waals surface area contributed by atoms with Crippen LogP contribution < -0.4 is 10.6 Å². The molecule has 112 valence electrons. The fraction of sp³-hybridized carbons (Fsp3) is 0.353. The van der Waals surface area contributed by atoms with E-state index < -0.39 is 0 Å². The number of hydrogen-bond acceptors (Lipinski definition) is 3. The van der Waals surface area contributed by atoms with Crippen LogP contribution in [-0.2, 0) is 0 Å². The lowest BCUT2D eigenvalue weighted by Gasteiger charge is -2.22. The van der Waals surface area contributed by atoms with Gasteiger partial charge in [0, 0.05) is 36.8 Å². The molecule has 2 aromatic carbocycles. The Balaban J connectivity index is 2.28. The largest absolute Gasteiger partial charge is 0.396 e. The zero-order chi connectivity index (χ0) is 15.2. The highest BCUT2D eigenvalue weighted by atomic mass is 32.1. The van der Waals surface area contributed by atoms with Gasteiger partial charge in [0.25, 0.3) is 0 Å². The topological polar surface area (TPSA) is 49.5 Å². The molecular weight excluding hydrogens is 280 g/mol. The summed E-state index contributed by atoms with van der Waals surface area (Å²) in [5.41, 5.74) is 7.93. The minimum absolute atomic E-state index is 0.273. The number of benzene rings is 2. The van der Waals surface area contributed by atoms with E-state index in [1.807, 2.05) is 18.2 Å². The summed E-state index contributed by atoms with van der Waals surface area (Å²) in [6.45, 7) is 1.24. The third kappa shape index (κ3) is 3.71. The number of anilines is 1. The zero-order valence-corrected chi connectivity index (χ0v) is 13.2. The van der Waals surface area contributed by atoms with Gasteiger partial charge < -0.3 is 15.7 Å². The third-order valence-electron chi connectivity index (χ3n) is 3.73. The lowest BCUT2D eigenvalue weighted by atomic mass is 10.0. The molecule has 2 aromatic rings. The van der Waals surface area contributed by atoms with Crippen molar-refractivity contribution in [1.82, 2.24) is 0 Å². The van der Waals surface area contributed by atoms with Gasteiger partial charge in [0.2, 0.25) is 0 Å². The molecule has 0 fully saturated rings. The predicted molar refractivity (Wildman–Crippen MR) is 94.0 cm³/mol. The van der Waals surface area contributed by atoms with Crippen molar-refractivity contribution in [1.29, 1.82) is 0 Å². The number of aliphatic hydroxyl groups excluding tert-OH is 1. The van der Waals surface area contributed by atoms with Crippen molar-refractivity contribution in [2.24, 2.45) is 5.73 Å². The predicted octanol–water partition coefficient (Wildman–Crippen LogP) is 3.07. The maximum absolute atomic E-state index is 8.83. The highest BCUT2D eigenvalue weighted by molar-refractivity contribution is 7.80. The molecule has 2 rings (SSSR count). The van der Waals surface area contributed by atoms with Gasteiger partial charge in [0.1, 0.15) is 4.99 Å². The summed E-state index contributed by atoms with van der Waals surface area (Å²) in [7, 11) is 2.10. The number of nitrogens with zero attached hydrogens (tertiary/aromatic N) is 1. The van der Waals surface area contributed by atoms with Crippen LogP contribution in [0.3, 0.4) is 0 Å². The Morgan fingerprint density at radius 2 is 1.81 bits per heavy atom. The molecule has 0 aliphatic carbocycles. The van der Waals surface area contributed by atoms with Crippen LogP contribution in [-0.4, -0.2) is 30.3 Å². The lowest BCUT2D eigenvalue weighted by molar-refractivity contribution is 0.283. The number of hydrogen-bond donors (Lipinski definition) is 2. The van der Waals surface area contributed by atoms with Crippen LogP contribution in [0.2, 0.25) is 0 Å². The van der Waals surface area contributed by atoms with E-state index in [2.05, 4.69) is 30.1 Å². The minimum atomic E-state index is 0.273. The summed E-state index contributed by atoms with van der Waals surface area (Å²) < 4.78 is 0. The van der Waals surface area contributed by atoms with Crippen LogP contribution in [0.15, 0.2) is 36.4 Å². The highest BCUT2D eigenvalue weighted by Crippen LogP contribution is 2.29. The van der Waals surface area contributed by atoms with E-state index >= 15 is 0 Å². The standard InChI is InChI=1S/C17H22N2OS/c1-19(11-5-2-6-12-20)16-10-9-15(17(18)21)13-7-3-4-8-14(13)16/h3-4,7-10,20H,2,5-6,11-12H2,1H3,(H2,18,21). The zero-order valence-electron chi connectivity index (χ0n) is 12.4. The molecule has 0 spiro atoms. The van der Waals surface area contributed by atoms with Crippen LogP contribution in [0.5, 0.6) is 0 Å². The summed E-state index contributed by atoms with van der Waals surface area (Å²) in [6, 6.07) is 12.3. The fourth-order valence-electron chi connectivity index (χ4n) is 2.59. The van der Waals surface area contributed by atoms with Crippen LogP contribution >= 0.6 is 12.2 Å². The van der Waals surface area contributed by atoms with Crippen molar-refractivity contribution in [3.8, 4) is 0 Å². The SMILES string of the molecule is CN(CCCCCO)c1ccc(C(N)=S)c2ccccc12. The van der Waals surface area contributed by atoms with Gasteiger partial charge in [0.05, 0.1) is 0 Å². The van der Waals surface area contributed by atoms with Gasteiger partial charge in [-0.2, -0.15) is 0 Å². The molecule has 0 aliphatic rings. The molecule has 0 bridgehead atoms. The maximum Gasteiger partial charge on any atom is 0.104 e. The van der Waals surface area contributed by atoms with Gasteiger partial charge in [-0.3, -0.25) is 0 Å². The molecule has 0 aliphatic heterocycles. The summed E-state index contributed by atoms with van der Waals surface area (Å²) >= 11 is 5.14. The van der Waals surface area contributed by atoms with E-state index in [0.717, 1.165) is 36.8 Å². The second-order valence-corrected chi connectivity index (χ2v) is 5.69. The summed E-state index contributed by atoms with van der Waals surface area (Å²) in [5.74, 6) is 0. The Morgan fingerprint density at radius 1 is 1.10 bits per heavy atom. The summed E-state index contributed by atoms with van der Waals surface area (Å²) in [4.78, 5) is 2.69. The number of unbranched alkanes of at least 4 members (excludes halogenated alkanes) is 2. The average molecular weight is 302 g/mol. The monoisotopic (exact) mass is 302 g/mol.